The maximum absolute atomic E-state index is 12.3. The van der Waals surface area contributed by atoms with Crippen molar-refractivity contribution in [3.63, 3.8) is 0 Å². The Kier molecular flexibility index (Phi) is 3.85. The van der Waals surface area contributed by atoms with Gasteiger partial charge in [0.2, 0.25) is 0 Å². The third kappa shape index (κ3) is 2.93. The highest BCUT2D eigenvalue weighted by atomic mass is 16.1. The molecule has 0 bridgehead atoms. The Morgan fingerprint density at radius 1 is 1.37 bits per heavy atom. The molecule has 0 aliphatic heterocycles. The number of benzene rings is 1. The van der Waals surface area contributed by atoms with Crippen molar-refractivity contribution < 1.29 is 4.79 Å². The van der Waals surface area contributed by atoms with Gasteiger partial charge < -0.3 is 10.6 Å². The van der Waals surface area contributed by atoms with Gasteiger partial charge in [0.1, 0.15) is 5.82 Å². The Bertz CT molecular complexity index is 589. The lowest BCUT2D eigenvalue weighted by Gasteiger charge is -2.10. The molecule has 1 aromatic carbocycles. The number of rotatable bonds is 4. The molecule has 100 valence electrons. The fraction of sp³-hybridized carbons (Fsp3) is 0.286. The van der Waals surface area contributed by atoms with Gasteiger partial charge in [-0.1, -0.05) is 12.1 Å². The summed E-state index contributed by atoms with van der Waals surface area (Å²) in [7, 11) is 1.80. The number of nitrogens with one attached hydrogen (secondary N) is 2. The van der Waals surface area contributed by atoms with Crippen molar-refractivity contribution >= 4 is 17.4 Å². The summed E-state index contributed by atoms with van der Waals surface area (Å²) in [6, 6.07) is 9.30. The summed E-state index contributed by atoms with van der Waals surface area (Å²) in [5, 5.41) is 10.2. The summed E-state index contributed by atoms with van der Waals surface area (Å²) < 4.78 is 1.66. The maximum atomic E-state index is 12.3. The van der Waals surface area contributed by atoms with Gasteiger partial charge in [0, 0.05) is 25.3 Å². The molecule has 2 N–H and O–H groups in total. The van der Waals surface area contributed by atoms with E-state index >= 15 is 0 Å². The van der Waals surface area contributed by atoms with Crippen LogP contribution in [0.3, 0.4) is 0 Å². The fourth-order valence-electron chi connectivity index (χ4n) is 1.94. The van der Waals surface area contributed by atoms with Crippen LogP contribution in [0.25, 0.3) is 0 Å². The molecule has 2 aromatic rings. The monoisotopic (exact) mass is 258 g/mol. The van der Waals surface area contributed by atoms with E-state index in [0.717, 1.165) is 17.9 Å². The number of para-hydroxylation sites is 1. The quantitative estimate of drug-likeness (QED) is 0.885. The van der Waals surface area contributed by atoms with Crippen LogP contribution in [-0.2, 0) is 7.05 Å². The molecular formula is C14H18N4O. The Labute approximate surface area is 112 Å². The highest BCUT2D eigenvalue weighted by Gasteiger charge is 2.12. The van der Waals surface area contributed by atoms with Crippen LogP contribution in [0.4, 0.5) is 11.5 Å². The van der Waals surface area contributed by atoms with Gasteiger partial charge >= 0.3 is 0 Å². The van der Waals surface area contributed by atoms with Crippen LogP contribution >= 0.6 is 0 Å². The van der Waals surface area contributed by atoms with E-state index in [0.29, 0.717) is 11.4 Å². The molecule has 1 amide bonds. The van der Waals surface area contributed by atoms with E-state index in [1.54, 1.807) is 17.8 Å². The number of carbonyl (C=O) groups is 1. The van der Waals surface area contributed by atoms with E-state index in [9.17, 15) is 4.79 Å². The lowest BCUT2D eigenvalue weighted by molar-refractivity contribution is 0.102. The number of hydrogen-bond donors (Lipinski definition) is 2. The molecular weight excluding hydrogens is 240 g/mol. The second kappa shape index (κ2) is 5.56. The third-order valence-electron chi connectivity index (χ3n) is 2.78. The molecule has 1 heterocycles. The second-order valence-corrected chi connectivity index (χ2v) is 4.32. The van der Waals surface area contributed by atoms with E-state index in [-0.39, 0.29) is 5.91 Å². The predicted molar refractivity (Wildman–Crippen MR) is 76.5 cm³/mol. The molecule has 0 aliphatic rings. The molecule has 0 radical (unpaired) electrons. The van der Waals surface area contributed by atoms with Crippen LogP contribution in [0.5, 0.6) is 0 Å². The van der Waals surface area contributed by atoms with Crippen molar-refractivity contribution in [2.45, 2.75) is 13.8 Å². The minimum absolute atomic E-state index is 0.139. The van der Waals surface area contributed by atoms with Gasteiger partial charge in [-0.2, -0.15) is 5.10 Å². The smallest absolute Gasteiger partial charge is 0.258 e. The minimum Gasteiger partial charge on any atom is -0.385 e. The largest absolute Gasteiger partial charge is 0.385 e. The molecule has 0 atom stereocenters. The van der Waals surface area contributed by atoms with Gasteiger partial charge in [-0.15, -0.1) is 0 Å². The van der Waals surface area contributed by atoms with Gasteiger partial charge in [0.05, 0.1) is 11.3 Å². The Morgan fingerprint density at radius 2 is 2.11 bits per heavy atom. The van der Waals surface area contributed by atoms with Crippen molar-refractivity contribution in [3.8, 4) is 0 Å². The van der Waals surface area contributed by atoms with Crippen molar-refractivity contribution in [2.24, 2.45) is 7.05 Å². The Hall–Kier alpha value is -2.30. The predicted octanol–water partition coefficient (Wildman–Crippen LogP) is 2.41. The highest BCUT2D eigenvalue weighted by Crippen LogP contribution is 2.17. The van der Waals surface area contributed by atoms with E-state index in [1.165, 1.54) is 0 Å². The van der Waals surface area contributed by atoms with Crippen LogP contribution < -0.4 is 10.6 Å². The Morgan fingerprint density at radius 3 is 2.74 bits per heavy atom. The second-order valence-electron chi connectivity index (χ2n) is 4.32. The zero-order chi connectivity index (χ0) is 13.8. The first kappa shape index (κ1) is 13.1. The van der Waals surface area contributed by atoms with Gasteiger partial charge in [0.25, 0.3) is 5.91 Å². The summed E-state index contributed by atoms with van der Waals surface area (Å²) in [6.07, 6.45) is 0. The molecule has 19 heavy (non-hydrogen) atoms. The molecule has 0 saturated carbocycles. The fourth-order valence-corrected chi connectivity index (χ4v) is 1.94. The van der Waals surface area contributed by atoms with Crippen molar-refractivity contribution in [1.82, 2.24) is 9.78 Å². The van der Waals surface area contributed by atoms with Crippen LogP contribution in [0.15, 0.2) is 30.3 Å². The van der Waals surface area contributed by atoms with Gasteiger partial charge in [-0.3, -0.25) is 9.48 Å². The van der Waals surface area contributed by atoms with E-state index in [2.05, 4.69) is 15.7 Å². The minimum atomic E-state index is -0.139. The number of nitrogens with zero attached hydrogens (tertiary/aromatic N) is 2. The first-order valence-electron chi connectivity index (χ1n) is 6.26. The van der Waals surface area contributed by atoms with Crippen molar-refractivity contribution in [2.75, 3.05) is 17.2 Å². The summed E-state index contributed by atoms with van der Waals surface area (Å²) in [4.78, 5) is 12.3. The number of carbonyl (C=O) groups excluding carboxylic acids is 1. The molecule has 1 aromatic heterocycles. The number of hydrogen-bond acceptors (Lipinski definition) is 3. The summed E-state index contributed by atoms with van der Waals surface area (Å²) >= 11 is 0. The molecule has 0 aliphatic carbocycles. The average molecular weight is 258 g/mol. The number of aromatic nitrogens is 2. The first-order valence-corrected chi connectivity index (χ1v) is 6.26. The number of anilines is 2. The van der Waals surface area contributed by atoms with Gasteiger partial charge in [-0.25, -0.2) is 0 Å². The number of amides is 1. The van der Waals surface area contributed by atoms with Crippen LogP contribution in [-0.4, -0.2) is 22.2 Å². The van der Waals surface area contributed by atoms with Crippen molar-refractivity contribution in [3.05, 3.63) is 41.6 Å². The Balaban J connectivity index is 2.22. The normalized spacial score (nSPS) is 10.3. The molecule has 2 rings (SSSR count). The molecule has 0 unspecified atom stereocenters. The zero-order valence-electron chi connectivity index (χ0n) is 11.4. The SMILES string of the molecule is CCNc1ccccc1C(=O)Nc1cc(C)nn1C. The van der Waals surface area contributed by atoms with E-state index in [4.69, 9.17) is 0 Å². The maximum Gasteiger partial charge on any atom is 0.258 e. The third-order valence-corrected chi connectivity index (χ3v) is 2.78. The van der Waals surface area contributed by atoms with Gasteiger partial charge in [-0.05, 0) is 26.0 Å². The summed E-state index contributed by atoms with van der Waals surface area (Å²) in [5.41, 5.74) is 2.34. The van der Waals surface area contributed by atoms with E-state index < -0.39 is 0 Å². The van der Waals surface area contributed by atoms with Crippen LogP contribution in [0.1, 0.15) is 23.0 Å². The first-order chi connectivity index (χ1) is 9.11. The van der Waals surface area contributed by atoms with E-state index in [1.807, 2.05) is 38.1 Å². The highest BCUT2D eigenvalue weighted by molar-refractivity contribution is 6.07. The zero-order valence-corrected chi connectivity index (χ0v) is 11.4. The lowest BCUT2D eigenvalue weighted by atomic mass is 10.1. The summed E-state index contributed by atoms with van der Waals surface area (Å²) in [5.74, 6) is 0.549. The summed E-state index contributed by atoms with van der Waals surface area (Å²) in [6.45, 7) is 4.66. The average Bonchev–Trinajstić information content (AvgIpc) is 2.69. The van der Waals surface area contributed by atoms with Crippen molar-refractivity contribution in [1.29, 1.82) is 0 Å². The van der Waals surface area contributed by atoms with Crippen LogP contribution in [0, 0.1) is 6.92 Å². The standard InChI is InChI=1S/C14H18N4O/c1-4-15-12-8-6-5-7-11(12)14(19)16-13-9-10(2)17-18(13)3/h5-9,15H,4H2,1-3H3,(H,16,19). The molecule has 0 saturated heterocycles. The number of aryl methyl sites for hydroxylation is 2. The van der Waals surface area contributed by atoms with Crippen LogP contribution in [0.2, 0.25) is 0 Å². The molecule has 0 spiro atoms. The molecule has 0 fully saturated rings. The lowest BCUT2D eigenvalue weighted by Crippen LogP contribution is -2.16. The topological polar surface area (TPSA) is 59.0 Å². The molecule has 5 nitrogen and oxygen atoms in total. The van der Waals surface area contributed by atoms with Gasteiger partial charge in [0.15, 0.2) is 0 Å². The molecule has 5 heteroatoms.